The Kier molecular flexibility index (Phi) is 4.50. The molecule has 2 aliphatic carbocycles. The number of hydrogen-bond donors (Lipinski definition) is 1. The van der Waals surface area contributed by atoms with Crippen LogP contribution in [0.4, 0.5) is 5.69 Å². The first-order chi connectivity index (χ1) is 12.3. The topological polar surface area (TPSA) is 66.5 Å². The van der Waals surface area contributed by atoms with E-state index in [1.165, 1.54) is 4.90 Å². The van der Waals surface area contributed by atoms with Gasteiger partial charge in [0.25, 0.3) is 0 Å². The number of alkyl halides is 2. The van der Waals surface area contributed by atoms with Gasteiger partial charge in [0.1, 0.15) is 6.04 Å². The molecule has 1 saturated heterocycles. The lowest BCUT2D eigenvalue weighted by Crippen LogP contribution is -2.46. The molecule has 138 valence electrons. The van der Waals surface area contributed by atoms with Gasteiger partial charge in [-0.3, -0.25) is 19.3 Å². The molecule has 0 unspecified atom stereocenters. The van der Waals surface area contributed by atoms with Gasteiger partial charge in [-0.1, -0.05) is 49.6 Å². The SMILES string of the molecule is Cc1ccc(NC(=O)[C@@H](C)N2C(=O)[C@H]3[C@@H]4C[C@H]([C@@H](Br)[C@H]4Br)[C@@H]3C2=O)cc1. The van der Waals surface area contributed by atoms with Gasteiger partial charge in [-0.2, -0.15) is 0 Å². The molecule has 0 aromatic heterocycles. The number of rotatable bonds is 3. The molecular weight excluding hydrogens is 464 g/mol. The van der Waals surface area contributed by atoms with E-state index >= 15 is 0 Å². The Morgan fingerprint density at radius 3 is 2.08 bits per heavy atom. The molecule has 0 radical (unpaired) electrons. The third kappa shape index (κ3) is 2.58. The van der Waals surface area contributed by atoms with Crippen LogP contribution in [-0.2, 0) is 14.4 Å². The lowest BCUT2D eigenvalue weighted by Gasteiger charge is -2.28. The summed E-state index contributed by atoms with van der Waals surface area (Å²) in [6.07, 6.45) is 0.885. The molecule has 3 amide bonds. The van der Waals surface area contributed by atoms with Crippen molar-refractivity contribution >= 4 is 55.3 Å². The molecule has 5 nitrogen and oxygen atoms in total. The van der Waals surface area contributed by atoms with Gasteiger partial charge in [-0.25, -0.2) is 0 Å². The fourth-order valence-electron chi connectivity index (χ4n) is 4.75. The molecule has 3 aliphatic rings. The average molecular weight is 484 g/mol. The molecule has 2 saturated carbocycles. The van der Waals surface area contributed by atoms with Gasteiger partial charge in [0.15, 0.2) is 0 Å². The summed E-state index contributed by atoms with van der Waals surface area (Å²) in [5.74, 6) is -0.994. The number of nitrogens with one attached hydrogen (secondary N) is 1. The number of amides is 3. The van der Waals surface area contributed by atoms with Crippen molar-refractivity contribution in [2.24, 2.45) is 23.7 Å². The maximum atomic E-state index is 13.0. The van der Waals surface area contributed by atoms with Gasteiger partial charge in [0.2, 0.25) is 17.7 Å². The van der Waals surface area contributed by atoms with Gasteiger partial charge in [0, 0.05) is 15.3 Å². The summed E-state index contributed by atoms with van der Waals surface area (Å²) in [6, 6.07) is 6.62. The Morgan fingerprint density at radius 2 is 1.58 bits per heavy atom. The fraction of sp³-hybridized carbons (Fsp3) is 0.526. The first kappa shape index (κ1) is 18.2. The number of halogens is 2. The second kappa shape index (κ2) is 6.44. The average Bonchev–Trinajstić information content (AvgIpc) is 3.21. The number of carbonyl (C=O) groups excluding carboxylic acids is 3. The summed E-state index contributed by atoms with van der Waals surface area (Å²) in [7, 11) is 0. The zero-order valence-corrected chi connectivity index (χ0v) is 17.7. The van der Waals surface area contributed by atoms with Crippen LogP contribution in [0.1, 0.15) is 18.9 Å². The first-order valence-corrected chi connectivity index (χ1v) is 10.7. The highest BCUT2D eigenvalue weighted by atomic mass is 79.9. The number of likely N-dealkylation sites (tertiary alicyclic amines) is 1. The van der Waals surface area contributed by atoms with E-state index in [9.17, 15) is 14.4 Å². The molecule has 7 heteroatoms. The van der Waals surface area contributed by atoms with Crippen molar-refractivity contribution in [3.05, 3.63) is 29.8 Å². The summed E-state index contributed by atoms with van der Waals surface area (Å²) < 4.78 is 0. The third-order valence-electron chi connectivity index (χ3n) is 6.11. The van der Waals surface area contributed by atoms with E-state index in [0.29, 0.717) is 5.69 Å². The monoisotopic (exact) mass is 482 g/mol. The van der Waals surface area contributed by atoms with Crippen molar-refractivity contribution in [3.8, 4) is 0 Å². The van der Waals surface area contributed by atoms with Crippen LogP contribution in [0.15, 0.2) is 24.3 Å². The number of nitrogens with zero attached hydrogens (tertiary/aromatic N) is 1. The molecule has 3 fully saturated rings. The van der Waals surface area contributed by atoms with Crippen molar-refractivity contribution < 1.29 is 14.4 Å². The zero-order chi connectivity index (χ0) is 18.7. The second-order valence-electron chi connectivity index (χ2n) is 7.58. The highest BCUT2D eigenvalue weighted by Crippen LogP contribution is 2.60. The number of benzene rings is 1. The van der Waals surface area contributed by atoms with E-state index < -0.39 is 6.04 Å². The Morgan fingerprint density at radius 1 is 1.08 bits per heavy atom. The molecule has 1 aromatic carbocycles. The lowest BCUT2D eigenvalue weighted by molar-refractivity contribution is -0.146. The standard InChI is InChI=1S/C19H20Br2N2O3/c1-8-3-5-10(6-4-8)22-17(24)9(2)23-18(25)13-11-7-12(14(13)19(23)26)16(21)15(11)20/h3-6,9,11-16H,7H2,1-2H3,(H,22,24)/t9-,11+,12+,13+,14+,15-,16+/m1/s1. The molecular formula is C19H20Br2N2O3. The molecule has 1 aliphatic heterocycles. The van der Waals surface area contributed by atoms with Crippen LogP contribution in [0.2, 0.25) is 0 Å². The van der Waals surface area contributed by atoms with Crippen molar-refractivity contribution in [1.29, 1.82) is 0 Å². The van der Waals surface area contributed by atoms with Crippen LogP contribution in [0.5, 0.6) is 0 Å². The molecule has 0 spiro atoms. The van der Waals surface area contributed by atoms with Crippen LogP contribution in [0.3, 0.4) is 0 Å². The van der Waals surface area contributed by atoms with E-state index in [0.717, 1.165) is 12.0 Å². The van der Waals surface area contributed by atoms with Crippen molar-refractivity contribution in [2.75, 3.05) is 5.32 Å². The maximum absolute atomic E-state index is 13.0. The van der Waals surface area contributed by atoms with Crippen LogP contribution in [0, 0.1) is 30.6 Å². The van der Waals surface area contributed by atoms with Crippen LogP contribution >= 0.6 is 31.9 Å². The molecule has 7 atom stereocenters. The number of hydrogen-bond acceptors (Lipinski definition) is 3. The van der Waals surface area contributed by atoms with Gasteiger partial charge < -0.3 is 5.32 Å². The van der Waals surface area contributed by atoms with Gasteiger partial charge in [-0.05, 0) is 44.2 Å². The molecule has 2 bridgehead atoms. The minimum atomic E-state index is -0.816. The molecule has 1 heterocycles. The Hall–Kier alpha value is -1.21. The van der Waals surface area contributed by atoms with E-state index in [1.807, 2.05) is 31.2 Å². The van der Waals surface area contributed by atoms with E-state index in [-0.39, 0.29) is 51.0 Å². The number of aryl methyl sites for hydroxylation is 1. The van der Waals surface area contributed by atoms with Crippen molar-refractivity contribution in [3.63, 3.8) is 0 Å². The van der Waals surface area contributed by atoms with Gasteiger partial charge in [-0.15, -0.1) is 0 Å². The largest absolute Gasteiger partial charge is 0.324 e. The Balaban J connectivity index is 1.53. The van der Waals surface area contributed by atoms with Crippen molar-refractivity contribution in [2.45, 2.75) is 36.0 Å². The smallest absolute Gasteiger partial charge is 0.247 e. The predicted molar refractivity (Wildman–Crippen MR) is 105 cm³/mol. The first-order valence-electron chi connectivity index (χ1n) is 8.84. The van der Waals surface area contributed by atoms with Crippen molar-refractivity contribution in [1.82, 2.24) is 4.90 Å². The van der Waals surface area contributed by atoms with E-state index in [4.69, 9.17) is 0 Å². The summed E-state index contributed by atoms with van der Waals surface area (Å²) in [5, 5.41) is 2.80. The Bertz CT molecular complexity index is 749. The number of fused-ring (bicyclic) bond motifs is 5. The summed E-state index contributed by atoms with van der Waals surface area (Å²) in [4.78, 5) is 40.2. The van der Waals surface area contributed by atoms with E-state index in [1.54, 1.807) is 6.92 Å². The number of imide groups is 1. The number of anilines is 1. The highest BCUT2D eigenvalue weighted by molar-refractivity contribution is 9.12. The van der Waals surface area contributed by atoms with Gasteiger partial charge in [0.05, 0.1) is 11.8 Å². The predicted octanol–water partition coefficient (Wildman–Crippen LogP) is 3.10. The summed E-state index contributed by atoms with van der Waals surface area (Å²) in [6.45, 7) is 3.59. The lowest BCUT2D eigenvalue weighted by atomic mass is 9.81. The minimum Gasteiger partial charge on any atom is -0.324 e. The Labute approximate surface area is 169 Å². The zero-order valence-electron chi connectivity index (χ0n) is 14.5. The van der Waals surface area contributed by atoms with Crippen LogP contribution in [0.25, 0.3) is 0 Å². The second-order valence-corrected chi connectivity index (χ2v) is 9.70. The fourth-order valence-corrected chi connectivity index (χ4v) is 6.63. The van der Waals surface area contributed by atoms with Gasteiger partial charge >= 0.3 is 0 Å². The van der Waals surface area contributed by atoms with Crippen LogP contribution in [-0.4, -0.2) is 38.3 Å². The number of carbonyl (C=O) groups is 3. The molecule has 1 N–H and O–H groups in total. The molecule has 1 aromatic rings. The van der Waals surface area contributed by atoms with Crippen LogP contribution < -0.4 is 5.32 Å². The maximum Gasteiger partial charge on any atom is 0.247 e. The summed E-state index contributed by atoms with van der Waals surface area (Å²) >= 11 is 7.34. The minimum absolute atomic E-state index is 0.156. The summed E-state index contributed by atoms with van der Waals surface area (Å²) in [5.41, 5.74) is 1.76. The highest BCUT2D eigenvalue weighted by Gasteiger charge is 2.67. The third-order valence-corrected chi connectivity index (χ3v) is 9.31. The molecule has 4 rings (SSSR count). The molecule has 26 heavy (non-hydrogen) atoms. The quantitative estimate of drug-likeness (QED) is 0.530. The van der Waals surface area contributed by atoms with E-state index in [2.05, 4.69) is 37.2 Å². The normalized spacial score (nSPS) is 36.4.